The van der Waals surface area contributed by atoms with E-state index in [-0.39, 0.29) is 35.7 Å². The predicted molar refractivity (Wildman–Crippen MR) is 124 cm³/mol. The summed E-state index contributed by atoms with van der Waals surface area (Å²) >= 11 is 0. The summed E-state index contributed by atoms with van der Waals surface area (Å²) in [6, 6.07) is 10.6. The summed E-state index contributed by atoms with van der Waals surface area (Å²) in [5.74, 6) is 0.470. The summed E-state index contributed by atoms with van der Waals surface area (Å²) in [4.78, 5) is -0.0438. The summed E-state index contributed by atoms with van der Waals surface area (Å²) in [5, 5.41) is 46.0. The van der Waals surface area contributed by atoms with E-state index in [0.29, 0.717) is 24.0 Å². The Bertz CT molecular complexity index is 1160. The summed E-state index contributed by atoms with van der Waals surface area (Å²) in [6.45, 7) is 2.25. The molecule has 2 atom stereocenters. The minimum Gasteiger partial charge on any atom is -0.504 e. The van der Waals surface area contributed by atoms with Crippen molar-refractivity contribution in [1.29, 1.82) is 10.5 Å². The number of aromatic hydroxyl groups is 1. The molecule has 194 valence electrons. The van der Waals surface area contributed by atoms with Gasteiger partial charge in [-0.3, -0.25) is 0 Å². The molecule has 0 saturated carbocycles. The molecule has 1 heterocycles. The molecule has 0 amide bonds. The molecule has 0 spiro atoms. The van der Waals surface area contributed by atoms with Crippen LogP contribution in [0.4, 0.5) is 13.2 Å². The molecule has 1 aliphatic rings. The topological polar surface area (TPSA) is 138 Å². The first-order valence-electron chi connectivity index (χ1n) is 11.0. The Balaban J connectivity index is 0.000000281. The molecule has 3 rings (SSSR count). The summed E-state index contributed by atoms with van der Waals surface area (Å²) in [6.07, 6.45) is -2.41. The van der Waals surface area contributed by atoms with E-state index < -0.39 is 34.9 Å². The number of unbranched alkanes of at least 4 members (excludes halogenated alkanes) is 1. The SMILES string of the molecule is CCCCOc1cc(C#N)ccc1O.N#Cc1cc(C(F)(F)F)ccc1S(=O)N1CCC(O)(CO)C1. The number of ether oxygens (including phenoxy) is 1. The molecule has 2 unspecified atom stereocenters. The van der Waals surface area contributed by atoms with E-state index in [1.807, 2.05) is 6.07 Å². The molecule has 8 nitrogen and oxygen atoms in total. The minimum atomic E-state index is -4.59. The highest BCUT2D eigenvalue weighted by Crippen LogP contribution is 2.32. The second-order valence-electron chi connectivity index (χ2n) is 8.06. The molecule has 1 saturated heterocycles. The lowest BCUT2D eigenvalue weighted by Gasteiger charge is -2.20. The quantitative estimate of drug-likeness (QED) is 0.471. The second kappa shape index (κ2) is 12.7. The third-order valence-corrected chi connectivity index (χ3v) is 6.80. The number of alkyl halides is 3. The van der Waals surface area contributed by atoms with Crippen molar-refractivity contribution in [3.63, 3.8) is 0 Å². The summed E-state index contributed by atoms with van der Waals surface area (Å²) in [7, 11) is -1.88. The number of β-amino-alcohol motifs (C(OH)–C–C–N with tert-alkyl or cyclic N) is 1. The highest BCUT2D eigenvalue weighted by atomic mass is 32.2. The Morgan fingerprint density at radius 1 is 1.19 bits per heavy atom. The molecule has 2 aromatic rings. The predicted octanol–water partition coefficient (Wildman–Crippen LogP) is 3.47. The fourth-order valence-electron chi connectivity index (χ4n) is 3.20. The first kappa shape index (κ1) is 29.1. The number of benzene rings is 2. The van der Waals surface area contributed by atoms with Crippen LogP contribution in [0.2, 0.25) is 0 Å². The number of phenols is 1. The number of nitrogens with zero attached hydrogens (tertiary/aromatic N) is 3. The fraction of sp³-hybridized carbons (Fsp3) is 0.417. The average Bonchev–Trinajstić information content (AvgIpc) is 3.27. The van der Waals surface area contributed by atoms with Crippen molar-refractivity contribution in [3.05, 3.63) is 53.1 Å². The highest BCUT2D eigenvalue weighted by Gasteiger charge is 2.39. The van der Waals surface area contributed by atoms with Gasteiger partial charge in [0.15, 0.2) is 11.5 Å². The van der Waals surface area contributed by atoms with Gasteiger partial charge in [-0.05, 0) is 43.2 Å². The van der Waals surface area contributed by atoms with E-state index >= 15 is 0 Å². The van der Waals surface area contributed by atoms with Crippen molar-refractivity contribution < 1.29 is 37.4 Å². The molecule has 1 aliphatic heterocycles. The van der Waals surface area contributed by atoms with Crippen LogP contribution in [0, 0.1) is 22.7 Å². The van der Waals surface area contributed by atoms with Gasteiger partial charge in [-0.2, -0.15) is 23.7 Å². The first-order valence-corrected chi connectivity index (χ1v) is 12.1. The molecular weight excluding hydrogens is 499 g/mol. The van der Waals surface area contributed by atoms with E-state index in [9.17, 15) is 27.6 Å². The van der Waals surface area contributed by atoms with Crippen molar-refractivity contribution in [2.45, 2.75) is 42.9 Å². The van der Waals surface area contributed by atoms with Gasteiger partial charge in [-0.15, -0.1) is 0 Å². The Morgan fingerprint density at radius 3 is 2.47 bits per heavy atom. The normalized spacial score (nSPS) is 18.4. The van der Waals surface area contributed by atoms with Crippen LogP contribution in [0.15, 0.2) is 41.3 Å². The average molecular weight is 526 g/mol. The van der Waals surface area contributed by atoms with Crippen LogP contribution in [0.5, 0.6) is 11.5 Å². The van der Waals surface area contributed by atoms with E-state index in [0.717, 1.165) is 25.0 Å². The Kier molecular flexibility index (Phi) is 10.3. The van der Waals surface area contributed by atoms with Crippen LogP contribution >= 0.6 is 0 Å². The standard InChI is InChI=1S/C13H13F3N2O3S.C11H13NO2/c14-13(15,16)10-1-2-11(9(5-10)6-17)22(21)18-4-3-12(20,7-18)8-19;1-2-3-6-14-11-7-9(8-12)4-5-10(11)13/h1-2,5,19-20H,3-4,7-8H2;4-5,7,13H,2-3,6H2,1H3. The lowest BCUT2D eigenvalue weighted by Crippen LogP contribution is -2.37. The van der Waals surface area contributed by atoms with E-state index in [4.69, 9.17) is 20.4 Å². The monoisotopic (exact) mass is 525 g/mol. The van der Waals surface area contributed by atoms with Gasteiger partial charge >= 0.3 is 6.18 Å². The van der Waals surface area contributed by atoms with Gasteiger partial charge in [0.05, 0.1) is 40.9 Å². The Hall–Kier alpha value is -3.16. The lowest BCUT2D eigenvalue weighted by molar-refractivity contribution is -0.137. The van der Waals surface area contributed by atoms with Gasteiger partial charge in [-0.25, -0.2) is 8.51 Å². The molecule has 0 bridgehead atoms. The van der Waals surface area contributed by atoms with Crippen molar-refractivity contribution >= 4 is 11.0 Å². The third kappa shape index (κ3) is 7.67. The number of hydrogen-bond donors (Lipinski definition) is 3. The minimum absolute atomic E-state index is 0.0438. The van der Waals surface area contributed by atoms with Gasteiger partial charge < -0.3 is 20.1 Å². The van der Waals surface area contributed by atoms with Crippen molar-refractivity contribution in [1.82, 2.24) is 4.31 Å². The molecule has 0 aliphatic carbocycles. The number of halogens is 3. The van der Waals surface area contributed by atoms with Crippen LogP contribution in [-0.4, -0.2) is 55.7 Å². The van der Waals surface area contributed by atoms with Crippen molar-refractivity contribution in [2.24, 2.45) is 0 Å². The largest absolute Gasteiger partial charge is 0.504 e. The molecule has 1 fully saturated rings. The molecule has 12 heteroatoms. The zero-order valence-corrected chi connectivity index (χ0v) is 20.3. The number of nitriles is 2. The number of hydrogen-bond acceptors (Lipinski definition) is 7. The highest BCUT2D eigenvalue weighted by molar-refractivity contribution is 7.82. The van der Waals surface area contributed by atoms with Gasteiger partial charge in [0, 0.05) is 19.2 Å². The molecule has 3 N–H and O–H groups in total. The van der Waals surface area contributed by atoms with E-state index in [1.54, 1.807) is 18.2 Å². The summed E-state index contributed by atoms with van der Waals surface area (Å²) < 4.78 is 56.9. The maximum atomic E-state index is 12.6. The van der Waals surface area contributed by atoms with Gasteiger partial charge in [-0.1, -0.05) is 13.3 Å². The zero-order chi connectivity index (χ0) is 26.9. The van der Waals surface area contributed by atoms with E-state index in [1.165, 1.54) is 10.4 Å². The van der Waals surface area contributed by atoms with Crippen LogP contribution < -0.4 is 4.74 Å². The van der Waals surface area contributed by atoms with Crippen LogP contribution in [-0.2, 0) is 17.2 Å². The van der Waals surface area contributed by atoms with Crippen LogP contribution in [0.3, 0.4) is 0 Å². The number of rotatable bonds is 7. The summed E-state index contributed by atoms with van der Waals surface area (Å²) in [5.41, 5.74) is -2.20. The Morgan fingerprint density at radius 2 is 1.92 bits per heavy atom. The van der Waals surface area contributed by atoms with Crippen molar-refractivity contribution in [3.8, 4) is 23.6 Å². The zero-order valence-electron chi connectivity index (χ0n) is 19.5. The van der Waals surface area contributed by atoms with Gasteiger partial charge in [0.1, 0.15) is 22.7 Å². The second-order valence-corrected chi connectivity index (χ2v) is 9.52. The lowest BCUT2D eigenvalue weighted by atomic mass is 10.1. The molecule has 0 aromatic heterocycles. The molecular formula is C24H26F3N3O5S. The van der Waals surface area contributed by atoms with E-state index in [2.05, 4.69) is 6.92 Å². The maximum absolute atomic E-state index is 12.6. The maximum Gasteiger partial charge on any atom is 0.416 e. The van der Waals surface area contributed by atoms with Gasteiger partial charge in [0.2, 0.25) is 0 Å². The number of aliphatic hydroxyl groups is 2. The third-order valence-electron chi connectivity index (χ3n) is 5.29. The molecule has 36 heavy (non-hydrogen) atoms. The molecule has 0 radical (unpaired) electrons. The number of aliphatic hydroxyl groups excluding tert-OH is 1. The van der Waals surface area contributed by atoms with Crippen LogP contribution in [0.1, 0.15) is 42.9 Å². The number of phenolic OH excluding ortho intramolecular Hbond substituents is 1. The smallest absolute Gasteiger partial charge is 0.416 e. The fourth-order valence-corrected chi connectivity index (χ4v) is 4.57. The molecule has 2 aromatic carbocycles. The Labute approximate surface area is 209 Å². The van der Waals surface area contributed by atoms with Crippen LogP contribution in [0.25, 0.3) is 0 Å². The van der Waals surface area contributed by atoms with Gasteiger partial charge in [0.25, 0.3) is 0 Å². The first-order chi connectivity index (χ1) is 17.0. The van der Waals surface area contributed by atoms with Crippen molar-refractivity contribution in [2.75, 3.05) is 26.3 Å².